The molecule has 0 fully saturated rings. The van der Waals surface area contributed by atoms with Gasteiger partial charge < -0.3 is 4.42 Å². The standard InChI is InChI=1S/C24H16N4O4S/c1-14-11-16(28(30)31)7-9-18(14)21-10-8-17(32-21)12-19-22(25)27-20(15-5-3-2-4-6-15)13-33-24(27)26-23(19)29/h2-13,25H,1H3. The van der Waals surface area contributed by atoms with Crippen molar-refractivity contribution in [1.82, 2.24) is 4.90 Å². The zero-order chi connectivity index (χ0) is 23.1. The minimum atomic E-state index is -0.508. The number of carbonyl (C=O) groups excluding carboxylic acids is 1. The van der Waals surface area contributed by atoms with Crippen LogP contribution >= 0.6 is 11.8 Å². The first kappa shape index (κ1) is 20.7. The number of amides is 1. The lowest BCUT2D eigenvalue weighted by atomic mass is 10.1. The zero-order valence-electron chi connectivity index (χ0n) is 17.3. The Balaban J connectivity index is 1.47. The van der Waals surface area contributed by atoms with Crippen LogP contribution in [0.25, 0.3) is 23.1 Å². The number of hydrogen-bond acceptors (Lipinski definition) is 6. The molecule has 5 rings (SSSR count). The average molecular weight is 456 g/mol. The highest BCUT2D eigenvalue weighted by Crippen LogP contribution is 2.37. The molecule has 2 aliphatic rings. The van der Waals surface area contributed by atoms with Gasteiger partial charge in [-0.15, -0.1) is 0 Å². The van der Waals surface area contributed by atoms with Gasteiger partial charge in [-0.2, -0.15) is 4.99 Å². The molecule has 33 heavy (non-hydrogen) atoms. The number of fused-ring (bicyclic) bond motifs is 1. The van der Waals surface area contributed by atoms with Gasteiger partial charge in [0.2, 0.25) is 0 Å². The summed E-state index contributed by atoms with van der Waals surface area (Å²) in [6.45, 7) is 1.77. The van der Waals surface area contributed by atoms with Crippen molar-refractivity contribution in [3.8, 4) is 11.3 Å². The smallest absolute Gasteiger partial charge is 0.283 e. The van der Waals surface area contributed by atoms with Crippen LogP contribution in [-0.4, -0.2) is 26.7 Å². The number of non-ortho nitro benzene ring substituents is 1. The number of thioether (sulfide) groups is 1. The van der Waals surface area contributed by atoms with Gasteiger partial charge in [0, 0.05) is 23.1 Å². The SMILES string of the molecule is Cc1cc([N+](=O)[O-])ccc1-c1ccc(C=C2C(=N)N3C(c4ccccc4)=CSC3=NC2=O)o1. The fourth-order valence-corrected chi connectivity index (χ4v) is 4.56. The highest BCUT2D eigenvalue weighted by molar-refractivity contribution is 8.17. The number of aryl methyl sites for hydroxylation is 1. The van der Waals surface area contributed by atoms with Crippen LogP contribution in [-0.2, 0) is 4.79 Å². The Morgan fingerprint density at radius 3 is 2.67 bits per heavy atom. The summed E-state index contributed by atoms with van der Waals surface area (Å²) >= 11 is 1.30. The number of furan rings is 1. The summed E-state index contributed by atoms with van der Waals surface area (Å²) in [4.78, 5) is 29.0. The van der Waals surface area contributed by atoms with Gasteiger partial charge in [-0.3, -0.25) is 25.2 Å². The second kappa shape index (κ2) is 8.03. The summed E-state index contributed by atoms with van der Waals surface area (Å²) in [5.74, 6) is 0.405. The Bertz CT molecular complexity index is 1420. The molecular weight excluding hydrogens is 440 g/mol. The third-order valence-electron chi connectivity index (χ3n) is 5.28. The molecule has 8 nitrogen and oxygen atoms in total. The normalized spacial score (nSPS) is 16.6. The summed E-state index contributed by atoms with van der Waals surface area (Å²) in [6, 6.07) is 17.6. The van der Waals surface area contributed by atoms with Gasteiger partial charge in [0.05, 0.1) is 16.2 Å². The van der Waals surface area contributed by atoms with Gasteiger partial charge in [0.15, 0.2) is 5.17 Å². The molecule has 0 atom stereocenters. The monoisotopic (exact) mass is 456 g/mol. The maximum atomic E-state index is 12.7. The number of rotatable bonds is 4. The van der Waals surface area contributed by atoms with E-state index in [2.05, 4.69) is 4.99 Å². The second-order valence-corrected chi connectivity index (χ2v) is 8.22. The van der Waals surface area contributed by atoms with Gasteiger partial charge in [-0.05, 0) is 42.3 Å². The third kappa shape index (κ3) is 3.68. The summed E-state index contributed by atoms with van der Waals surface area (Å²) < 4.78 is 5.89. The van der Waals surface area contributed by atoms with Crippen LogP contribution in [0.1, 0.15) is 16.9 Å². The number of amidine groups is 2. The maximum absolute atomic E-state index is 12.7. The van der Waals surface area contributed by atoms with Crippen LogP contribution in [0.3, 0.4) is 0 Å². The molecule has 3 aromatic rings. The number of nitrogens with one attached hydrogen (secondary N) is 1. The lowest BCUT2D eigenvalue weighted by Crippen LogP contribution is -2.37. The van der Waals surface area contributed by atoms with Crippen molar-refractivity contribution in [3.63, 3.8) is 0 Å². The predicted octanol–water partition coefficient (Wildman–Crippen LogP) is 5.47. The number of nitro benzene ring substituents is 1. The van der Waals surface area contributed by atoms with Gasteiger partial charge in [-0.25, -0.2) is 0 Å². The lowest BCUT2D eigenvalue weighted by molar-refractivity contribution is -0.384. The topological polar surface area (TPSA) is 113 Å². The Morgan fingerprint density at radius 2 is 1.94 bits per heavy atom. The van der Waals surface area contributed by atoms with Crippen molar-refractivity contribution >= 4 is 46.1 Å². The Labute approximate surface area is 192 Å². The summed E-state index contributed by atoms with van der Waals surface area (Å²) in [6.07, 6.45) is 1.50. The van der Waals surface area contributed by atoms with E-state index < -0.39 is 10.8 Å². The van der Waals surface area contributed by atoms with E-state index in [1.54, 1.807) is 30.0 Å². The van der Waals surface area contributed by atoms with E-state index in [4.69, 9.17) is 9.83 Å². The van der Waals surface area contributed by atoms with E-state index in [0.717, 1.165) is 11.3 Å². The van der Waals surface area contributed by atoms with Crippen LogP contribution in [0.5, 0.6) is 0 Å². The fraction of sp³-hybridized carbons (Fsp3) is 0.0417. The highest BCUT2D eigenvalue weighted by atomic mass is 32.2. The molecule has 162 valence electrons. The van der Waals surface area contributed by atoms with E-state index in [1.807, 2.05) is 35.7 Å². The van der Waals surface area contributed by atoms with Gasteiger partial charge >= 0.3 is 0 Å². The van der Waals surface area contributed by atoms with Crippen LogP contribution in [0.2, 0.25) is 0 Å². The van der Waals surface area contributed by atoms with Crippen LogP contribution in [0.15, 0.2) is 81.1 Å². The van der Waals surface area contributed by atoms with Crippen LogP contribution in [0, 0.1) is 22.4 Å². The average Bonchev–Trinajstić information content (AvgIpc) is 3.44. The molecule has 0 bridgehead atoms. The molecule has 0 unspecified atom stereocenters. The number of carbonyl (C=O) groups is 1. The quantitative estimate of drug-likeness (QED) is 0.317. The molecule has 2 aromatic carbocycles. The van der Waals surface area contributed by atoms with Gasteiger partial charge in [-0.1, -0.05) is 42.1 Å². The molecule has 1 amide bonds. The highest BCUT2D eigenvalue weighted by Gasteiger charge is 2.36. The van der Waals surface area contributed by atoms with Gasteiger partial charge in [0.1, 0.15) is 17.4 Å². The molecule has 1 N–H and O–H groups in total. The second-order valence-electron chi connectivity index (χ2n) is 7.39. The fourth-order valence-electron chi connectivity index (χ4n) is 3.67. The van der Waals surface area contributed by atoms with Gasteiger partial charge in [0.25, 0.3) is 11.6 Å². The molecule has 2 aliphatic heterocycles. The van der Waals surface area contributed by atoms with Crippen molar-refractivity contribution in [2.45, 2.75) is 6.92 Å². The predicted molar refractivity (Wildman–Crippen MR) is 128 cm³/mol. The number of nitro groups is 1. The number of benzene rings is 2. The van der Waals surface area contributed by atoms with Crippen molar-refractivity contribution in [3.05, 3.63) is 98.6 Å². The Kier molecular flexibility index (Phi) is 5.02. The van der Waals surface area contributed by atoms with Crippen molar-refractivity contribution < 1.29 is 14.1 Å². The molecule has 9 heteroatoms. The zero-order valence-corrected chi connectivity index (χ0v) is 18.1. The van der Waals surface area contributed by atoms with E-state index in [-0.39, 0.29) is 17.1 Å². The Morgan fingerprint density at radius 1 is 1.15 bits per heavy atom. The molecule has 0 saturated heterocycles. The maximum Gasteiger partial charge on any atom is 0.283 e. The largest absolute Gasteiger partial charge is 0.457 e. The van der Waals surface area contributed by atoms with E-state index in [9.17, 15) is 14.9 Å². The van der Waals surface area contributed by atoms with Crippen molar-refractivity contribution in [2.24, 2.45) is 4.99 Å². The number of nitrogens with zero attached hydrogens (tertiary/aromatic N) is 3. The first-order valence-electron chi connectivity index (χ1n) is 9.93. The van der Waals surface area contributed by atoms with E-state index in [1.165, 1.54) is 30.0 Å². The summed E-state index contributed by atoms with van der Waals surface area (Å²) in [7, 11) is 0. The Hall–Kier alpha value is -4.24. The van der Waals surface area contributed by atoms with E-state index in [0.29, 0.717) is 27.8 Å². The molecule has 1 aromatic heterocycles. The molecule has 0 radical (unpaired) electrons. The molecule has 0 aliphatic carbocycles. The number of hydrogen-bond donors (Lipinski definition) is 1. The van der Waals surface area contributed by atoms with Crippen LogP contribution in [0.4, 0.5) is 5.69 Å². The minimum Gasteiger partial charge on any atom is -0.457 e. The van der Waals surface area contributed by atoms with Crippen LogP contribution < -0.4 is 0 Å². The summed E-state index contributed by atoms with van der Waals surface area (Å²) in [5.41, 5.74) is 3.23. The molecule has 0 saturated carbocycles. The number of aliphatic imine (C=N–C) groups is 1. The van der Waals surface area contributed by atoms with E-state index >= 15 is 0 Å². The first-order chi connectivity index (χ1) is 15.9. The molecule has 3 heterocycles. The first-order valence-corrected chi connectivity index (χ1v) is 10.8. The lowest BCUT2D eigenvalue weighted by Gasteiger charge is -2.26. The molecular formula is C24H16N4O4S. The third-order valence-corrected chi connectivity index (χ3v) is 6.11. The molecule has 0 spiro atoms. The van der Waals surface area contributed by atoms with Crippen molar-refractivity contribution in [2.75, 3.05) is 0 Å². The summed E-state index contributed by atoms with van der Waals surface area (Å²) in [5, 5.41) is 22.0. The van der Waals surface area contributed by atoms with Crippen molar-refractivity contribution in [1.29, 1.82) is 5.41 Å². The minimum absolute atomic E-state index is 0.00539.